The average molecular weight is 389 g/mol. The molecule has 0 aliphatic rings. The van der Waals surface area contributed by atoms with Crippen molar-refractivity contribution in [3.63, 3.8) is 0 Å². The Labute approximate surface area is 152 Å². The smallest absolute Gasteiger partial charge is 0.301 e. The van der Waals surface area contributed by atoms with Gasteiger partial charge in [0.25, 0.3) is 5.56 Å². The van der Waals surface area contributed by atoms with Gasteiger partial charge in [0.1, 0.15) is 0 Å². The van der Waals surface area contributed by atoms with Crippen LogP contribution in [0, 0.1) is 6.92 Å². The van der Waals surface area contributed by atoms with Crippen LogP contribution in [-0.2, 0) is 18.6 Å². The summed E-state index contributed by atoms with van der Waals surface area (Å²) in [5.74, 6) is 0.246. The lowest BCUT2D eigenvalue weighted by atomic mass is 10.1. The number of rotatable bonds is 6. The maximum atomic E-state index is 12.7. The van der Waals surface area contributed by atoms with Gasteiger partial charge >= 0.3 is 5.51 Å². The molecular formula is C16H18F3N3OS2. The van der Waals surface area contributed by atoms with Crippen LogP contribution in [0.4, 0.5) is 13.2 Å². The highest BCUT2D eigenvalue weighted by atomic mass is 32.2. The summed E-state index contributed by atoms with van der Waals surface area (Å²) in [6.45, 7) is 5.47. The fourth-order valence-electron chi connectivity index (χ4n) is 2.36. The van der Waals surface area contributed by atoms with Gasteiger partial charge in [-0.05, 0) is 43.2 Å². The van der Waals surface area contributed by atoms with E-state index in [1.165, 1.54) is 24.0 Å². The van der Waals surface area contributed by atoms with E-state index in [1.807, 2.05) is 13.8 Å². The van der Waals surface area contributed by atoms with E-state index >= 15 is 0 Å². The van der Waals surface area contributed by atoms with Crippen LogP contribution in [0.25, 0.3) is 0 Å². The van der Waals surface area contributed by atoms with E-state index in [4.69, 9.17) is 0 Å². The molecule has 0 saturated carbocycles. The number of pyridine rings is 1. The third-order valence-corrected chi connectivity index (χ3v) is 5.31. The fourth-order valence-corrected chi connectivity index (χ4v) is 4.15. The highest BCUT2D eigenvalue weighted by molar-refractivity contribution is 8.00. The van der Waals surface area contributed by atoms with Gasteiger partial charge in [0.2, 0.25) is 0 Å². The average Bonchev–Trinajstić information content (AvgIpc) is 2.52. The number of aromatic amines is 1. The van der Waals surface area contributed by atoms with Gasteiger partial charge in [0, 0.05) is 28.1 Å². The molecule has 2 aromatic rings. The molecule has 0 saturated heterocycles. The monoisotopic (exact) mass is 389 g/mol. The van der Waals surface area contributed by atoms with Gasteiger partial charge in [-0.25, -0.2) is 4.98 Å². The van der Waals surface area contributed by atoms with Crippen LogP contribution in [0.15, 0.2) is 27.1 Å². The first-order chi connectivity index (χ1) is 11.7. The van der Waals surface area contributed by atoms with Crippen LogP contribution >= 0.6 is 23.5 Å². The third-order valence-electron chi connectivity index (χ3n) is 3.58. The van der Waals surface area contributed by atoms with Crippen molar-refractivity contribution < 1.29 is 13.2 Å². The maximum Gasteiger partial charge on any atom is 0.446 e. The summed E-state index contributed by atoms with van der Waals surface area (Å²) in [4.78, 5) is 23.4. The summed E-state index contributed by atoms with van der Waals surface area (Å²) in [5, 5.41) is 0.408. The standard InChI is InChI=1S/C16H18F3N3OS2/c1-4-10-12(5-2)21-15(22-14(10)23)24-8-11-9(3)20-7-6-13(11)25-16(17,18)19/h6-7H,4-5,8H2,1-3H3,(H,21,22,23). The Bertz CT molecular complexity index is 806. The predicted molar refractivity (Wildman–Crippen MR) is 94.1 cm³/mol. The zero-order valence-corrected chi connectivity index (χ0v) is 15.7. The summed E-state index contributed by atoms with van der Waals surface area (Å²) in [5.41, 5.74) is -2.15. The van der Waals surface area contributed by atoms with Crippen molar-refractivity contribution in [2.24, 2.45) is 0 Å². The zero-order chi connectivity index (χ0) is 18.6. The van der Waals surface area contributed by atoms with Crippen molar-refractivity contribution in [2.45, 2.75) is 54.9 Å². The molecule has 2 aromatic heterocycles. The Morgan fingerprint density at radius 3 is 2.52 bits per heavy atom. The van der Waals surface area contributed by atoms with E-state index in [0.717, 1.165) is 5.69 Å². The number of aryl methyl sites for hydroxylation is 2. The highest BCUT2D eigenvalue weighted by Gasteiger charge is 2.30. The van der Waals surface area contributed by atoms with Gasteiger partial charge in [0.15, 0.2) is 5.16 Å². The van der Waals surface area contributed by atoms with Crippen molar-refractivity contribution >= 4 is 23.5 Å². The van der Waals surface area contributed by atoms with Crippen LogP contribution in [0.3, 0.4) is 0 Å². The fraction of sp³-hybridized carbons (Fsp3) is 0.438. The van der Waals surface area contributed by atoms with Gasteiger partial charge in [-0.2, -0.15) is 13.2 Å². The largest absolute Gasteiger partial charge is 0.446 e. The van der Waals surface area contributed by atoms with Gasteiger partial charge in [-0.3, -0.25) is 9.78 Å². The topological polar surface area (TPSA) is 58.6 Å². The van der Waals surface area contributed by atoms with Crippen LogP contribution in [0.1, 0.15) is 36.4 Å². The Kier molecular flexibility index (Phi) is 6.56. The number of halogens is 3. The van der Waals surface area contributed by atoms with E-state index in [9.17, 15) is 18.0 Å². The number of alkyl halides is 3. The molecule has 1 N–H and O–H groups in total. The molecule has 0 spiro atoms. The first-order valence-electron chi connectivity index (χ1n) is 7.70. The van der Waals surface area contributed by atoms with E-state index in [0.29, 0.717) is 34.8 Å². The maximum absolute atomic E-state index is 12.7. The van der Waals surface area contributed by atoms with Crippen molar-refractivity contribution in [3.8, 4) is 0 Å². The predicted octanol–water partition coefficient (Wildman–Crippen LogP) is 4.50. The number of nitrogens with zero attached hydrogens (tertiary/aromatic N) is 2. The van der Waals surface area contributed by atoms with Crippen molar-refractivity contribution in [1.82, 2.24) is 15.0 Å². The second-order valence-corrected chi connectivity index (χ2v) is 7.28. The van der Waals surface area contributed by atoms with Gasteiger partial charge < -0.3 is 4.98 Å². The molecule has 136 valence electrons. The molecule has 2 heterocycles. The molecule has 4 nitrogen and oxygen atoms in total. The van der Waals surface area contributed by atoms with Gasteiger partial charge in [-0.1, -0.05) is 25.6 Å². The van der Waals surface area contributed by atoms with Gasteiger partial charge in [0.05, 0.1) is 5.69 Å². The molecule has 0 fully saturated rings. The molecule has 0 unspecified atom stereocenters. The normalized spacial score (nSPS) is 11.8. The second kappa shape index (κ2) is 8.27. The molecule has 0 bridgehead atoms. The first kappa shape index (κ1) is 19.8. The number of hydrogen-bond donors (Lipinski definition) is 1. The lowest BCUT2D eigenvalue weighted by molar-refractivity contribution is -0.0328. The van der Waals surface area contributed by atoms with Crippen molar-refractivity contribution in [1.29, 1.82) is 0 Å². The lowest BCUT2D eigenvalue weighted by Gasteiger charge is -2.13. The molecular weight excluding hydrogens is 371 g/mol. The van der Waals surface area contributed by atoms with E-state index in [2.05, 4.69) is 15.0 Å². The number of thioether (sulfide) groups is 2. The Hall–Kier alpha value is -1.48. The van der Waals surface area contributed by atoms with Crippen LogP contribution < -0.4 is 5.56 Å². The first-order valence-corrected chi connectivity index (χ1v) is 9.50. The Morgan fingerprint density at radius 1 is 1.20 bits per heavy atom. The number of nitrogens with one attached hydrogen (secondary N) is 1. The summed E-state index contributed by atoms with van der Waals surface area (Å²) < 4.78 is 38.2. The molecule has 0 radical (unpaired) electrons. The van der Waals surface area contributed by atoms with Crippen molar-refractivity contribution in [3.05, 3.63) is 45.1 Å². The molecule has 0 aliphatic carbocycles. The van der Waals surface area contributed by atoms with E-state index in [1.54, 1.807) is 6.92 Å². The van der Waals surface area contributed by atoms with Crippen molar-refractivity contribution in [2.75, 3.05) is 0 Å². The van der Waals surface area contributed by atoms with E-state index < -0.39 is 5.51 Å². The quantitative estimate of drug-likeness (QED) is 0.582. The Morgan fingerprint density at radius 2 is 1.92 bits per heavy atom. The summed E-state index contributed by atoms with van der Waals surface area (Å²) in [6.07, 6.45) is 2.58. The minimum Gasteiger partial charge on any atom is -0.301 e. The lowest BCUT2D eigenvalue weighted by Crippen LogP contribution is -2.17. The zero-order valence-electron chi connectivity index (χ0n) is 14.0. The molecule has 0 atom stereocenters. The molecule has 9 heteroatoms. The Balaban J connectivity index is 2.28. The minimum absolute atomic E-state index is 0.121. The summed E-state index contributed by atoms with van der Waals surface area (Å²) in [7, 11) is 0. The number of hydrogen-bond acceptors (Lipinski definition) is 5. The molecule has 0 amide bonds. The minimum atomic E-state index is -4.36. The van der Waals surface area contributed by atoms with Gasteiger partial charge in [-0.15, -0.1) is 0 Å². The number of aromatic nitrogens is 3. The molecule has 0 aromatic carbocycles. The molecule has 25 heavy (non-hydrogen) atoms. The number of H-pyrrole nitrogens is 1. The SMILES string of the molecule is CCc1nc(SCc2c(SC(F)(F)F)ccnc2C)[nH]c(=O)c1CC. The van der Waals surface area contributed by atoms with E-state index in [-0.39, 0.29) is 28.0 Å². The van der Waals surface area contributed by atoms with Crippen LogP contribution in [-0.4, -0.2) is 20.5 Å². The highest BCUT2D eigenvalue weighted by Crippen LogP contribution is 2.40. The summed E-state index contributed by atoms with van der Waals surface area (Å²) in [6, 6.07) is 1.36. The van der Waals surface area contributed by atoms with Crippen LogP contribution in [0.2, 0.25) is 0 Å². The summed E-state index contributed by atoms with van der Waals surface area (Å²) >= 11 is 1.05. The van der Waals surface area contributed by atoms with Crippen LogP contribution in [0.5, 0.6) is 0 Å². The third kappa shape index (κ3) is 5.24. The second-order valence-electron chi connectivity index (χ2n) is 5.21. The molecule has 0 aliphatic heterocycles. The molecule has 2 rings (SSSR count).